The minimum absolute atomic E-state index is 0.245. The van der Waals surface area contributed by atoms with Crippen molar-refractivity contribution in [1.29, 1.82) is 0 Å². The molecule has 5 heteroatoms. The highest BCUT2D eigenvalue weighted by Crippen LogP contribution is 2.16. The highest BCUT2D eigenvalue weighted by Gasteiger charge is 2.12. The van der Waals surface area contributed by atoms with Crippen molar-refractivity contribution < 1.29 is 12.6 Å². The molecule has 0 saturated heterocycles. The lowest BCUT2D eigenvalue weighted by atomic mass is 10.7. The van der Waals surface area contributed by atoms with E-state index < -0.39 is 10.1 Å². The third kappa shape index (κ3) is 1.36. The molecule has 56 valence electrons. The van der Waals surface area contributed by atoms with Crippen LogP contribution in [-0.2, 0) is 14.3 Å². The normalized spacial score (nSPS) is 11.7. The predicted molar refractivity (Wildman–Crippen MR) is 38.5 cm³/mol. The van der Waals surface area contributed by atoms with E-state index in [9.17, 15) is 8.42 Å². The number of hydrogen-bond acceptors (Lipinski definition) is 4. The van der Waals surface area contributed by atoms with Crippen LogP contribution in [0.1, 0.15) is 0 Å². The van der Waals surface area contributed by atoms with E-state index in [-0.39, 0.29) is 4.21 Å². The molecule has 0 radical (unpaired) electrons. The van der Waals surface area contributed by atoms with Gasteiger partial charge in [-0.25, -0.2) is 0 Å². The van der Waals surface area contributed by atoms with E-state index in [0.29, 0.717) is 0 Å². The van der Waals surface area contributed by atoms with Gasteiger partial charge in [0.1, 0.15) is 4.21 Å². The molecule has 0 atom stereocenters. The highest BCUT2D eigenvalue weighted by molar-refractivity contribution is 7.88. The second-order valence-corrected chi connectivity index (χ2v) is 4.44. The minimum Gasteiger partial charge on any atom is -0.269 e. The molecule has 0 aromatic carbocycles. The lowest BCUT2D eigenvalue weighted by Gasteiger charge is -1.93. The van der Waals surface area contributed by atoms with Crippen LogP contribution >= 0.6 is 11.3 Å². The summed E-state index contributed by atoms with van der Waals surface area (Å²) in [6.45, 7) is 0. The molecule has 0 spiro atoms. The molecule has 0 saturated carbocycles. The van der Waals surface area contributed by atoms with E-state index in [1.807, 2.05) is 0 Å². The summed E-state index contributed by atoms with van der Waals surface area (Å²) in [5.74, 6) is 0. The van der Waals surface area contributed by atoms with Crippen molar-refractivity contribution in [3.63, 3.8) is 0 Å². The van der Waals surface area contributed by atoms with E-state index in [1.54, 1.807) is 11.4 Å². The van der Waals surface area contributed by atoms with Crippen molar-refractivity contribution >= 4 is 21.5 Å². The maximum atomic E-state index is 10.9. The summed E-state index contributed by atoms with van der Waals surface area (Å²) in [5, 5.41) is 1.69. The van der Waals surface area contributed by atoms with Gasteiger partial charge in [-0.1, -0.05) is 6.07 Å². The molecule has 3 nitrogen and oxygen atoms in total. The molecule has 1 rings (SSSR count). The van der Waals surface area contributed by atoms with Crippen LogP contribution in [-0.4, -0.2) is 15.5 Å². The van der Waals surface area contributed by atoms with Gasteiger partial charge in [-0.3, -0.25) is 4.18 Å². The first-order valence-electron chi connectivity index (χ1n) is 2.51. The second-order valence-electron chi connectivity index (χ2n) is 1.55. The Hall–Kier alpha value is -0.390. The number of thiophene rings is 1. The molecule has 0 unspecified atom stereocenters. The zero-order valence-corrected chi connectivity index (χ0v) is 6.91. The maximum absolute atomic E-state index is 10.9. The van der Waals surface area contributed by atoms with Gasteiger partial charge in [-0.05, 0) is 11.4 Å². The quantitative estimate of drug-likeness (QED) is 0.636. The molecule has 1 aromatic heterocycles. The maximum Gasteiger partial charge on any atom is 0.306 e. The Morgan fingerprint density at radius 1 is 1.60 bits per heavy atom. The predicted octanol–water partition coefficient (Wildman–Crippen LogP) is 1.08. The summed E-state index contributed by atoms with van der Waals surface area (Å²) in [5.41, 5.74) is 0. The standard InChI is InChI=1S/C5H6O3S2/c1-8-10(6,7)5-3-2-4-9-5/h2-4H,1H3. The van der Waals surface area contributed by atoms with Crippen LogP contribution in [0.3, 0.4) is 0 Å². The molecular weight excluding hydrogens is 172 g/mol. The zero-order chi connectivity index (χ0) is 7.61. The summed E-state index contributed by atoms with van der Waals surface area (Å²) in [6.07, 6.45) is 0. The molecule has 1 heterocycles. The molecule has 0 fully saturated rings. The van der Waals surface area contributed by atoms with Crippen molar-refractivity contribution in [2.24, 2.45) is 0 Å². The Bertz CT molecular complexity index is 285. The molecule has 0 amide bonds. The zero-order valence-electron chi connectivity index (χ0n) is 5.27. The van der Waals surface area contributed by atoms with Crippen LogP contribution in [0.5, 0.6) is 0 Å². The average molecular weight is 178 g/mol. The Morgan fingerprint density at radius 2 is 2.30 bits per heavy atom. The van der Waals surface area contributed by atoms with E-state index in [0.717, 1.165) is 18.4 Å². The van der Waals surface area contributed by atoms with E-state index >= 15 is 0 Å². The summed E-state index contributed by atoms with van der Waals surface area (Å²) < 4.78 is 26.2. The largest absolute Gasteiger partial charge is 0.306 e. The van der Waals surface area contributed by atoms with Crippen molar-refractivity contribution in [3.8, 4) is 0 Å². The first kappa shape index (κ1) is 7.71. The van der Waals surface area contributed by atoms with E-state index in [1.165, 1.54) is 6.07 Å². The van der Waals surface area contributed by atoms with Crippen molar-refractivity contribution in [2.75, 3.05) is 7.11 Å². The Morgan fingerprint density at radius 3 is 2.70 bits per heavy atom. The SMILES string of the molecule is COS(=O)(=O)c1cccs1. The van der Waals surface area contributed by atoms with Gasteiger partial charge in [0, 0.05) is 0 Å². The van der Waals surface area contributed by atoms with Crippen molar-refractivity contribution in [1.82, 2.24) is 0 Å². The molecule has 10 heavy (non-hydrogen) atoms. The van der Waals surface area contributed by atoms with Crippen LogP contribution in [0.25, 0.3) is 0 Å². The third-order valence-electron chi connectivity index (χ3n) is 0.961. The van der Waals surface area contributed by atoms with E-state index in [2.05, 4.69) is 4.18 Å². The van der Waals surface area contributed by atoms with Gasteiger partial charge < -0.3 is 0 Å². The van der Waals surface area contributed by atoms with Crippen molar-refractivity contribution in [3.05, 3.63) is 17.5 Å². The molecule has 1 aromatic rings. The van der Waals surface area contributed by atoms with Crippen LogP contribution in [0.2, 0.25) is 0 Å². The Labute approximate surface area is 63.4 Å². The van der Waals surface area contributed by atoms with Crippen LogP contribution in [0.4, 0.5) is 0 Å². The fourth-order valence-electron chi connectivity index (χ4n) is 0.488. The summed E-state index contributed by atoms with van der Waals surface area (Å²) in [4.78, 5) is 0. The van der Waals surface area contributed by atoms with E-state index in [4.69, 9.17) is 0 Å². The molecule has 0 bridgehead atoms. The molecule has 0 aliphatic carbocycles. The highest BCUT2D eigenvalue weighted by atomic mass is 32.3. The third-order valence-corrected chi connectivity index (χ3v) is 3.59. The van der Waals surface area contributed by atoms with Gasteiger partial charge in [0.15, 0.2) is 0 Å². The number of hydrogen-bond donors (Lipinski definition) is 0. The molecule has 0 N–H and O–H groups in total. The van der Waals surface area contributed by atoms with Gasteiger partial charge in [0.05, 0.1) is 7.11 Å². The topological polar surface area (TPSA) is 43.4 Å². The lowest BCUT2D eigenvalue weighted by Crippen LogP contribution is -1.99. The Kier molecular flexibility index (Phi) is 2.08. The lowest BCUT2D eigenvalue weighted by molar-refractivity contribution is 0.399. The summed E-state index contributed by atoms with van der Waals surface area (Å²) >= 11 is 1.14. The first-order chi connectivity index (χ1) is 4.67. The first-order valence-corrected chi connectivity index (χ1v) is 4.80. The van der Waals surface area contributed by atoms with Crippen LogP contribution in [0.15, 0.2) is 21.7 Å². The van der Waals surface area contributed by atoms with Crippen molar-refractivity contribution in [2.45, 2.75) is 4.21 Å². The van der Waals surface area contributed by atoms with Gasteiger partial charge in [0.25, 0.3) is 0 Å². The Balaban J connectivity index is 3.09. The summed E-state index contributed by atoms with van der Waals surface area (Å²) in [6, 6.07) is 3.17. The van der Waals surface area contributed by atoms with Gasteiger partial charge in [-0.2, -0.15) is 8.42 Å². The van der Waals surface area contributed by atoms with Gasteiger partial charge >= 0.3 is 10.1 Å². The molecule has 0 aliphatic heterocycles. The summed E-state index contributed by atoms with van der Waals surface area (Å²) in [7, 11) is -2.29. The number of rotatable bonds is 2. The van der Waals surface area contributed by atoms with Gasteiger partial charge in [0.2, 0.25) is 0 Å². The van der Waals surface area contributed by atoms with Crippen LogP contribution < -0.4 is 0 Å². The monoisotopic (exact) mass is 178 g/mol. The van der Waals surface area contributed by atoms with Gasteiger partial charge in [-0.15, -0.1) is 11.3 Å². The fourth-order valence-corrected chi connectivity index (χ4v) is 2.19. The fraction of sp³-hybridized carbons (Fsp3) is 0.200. The van der Waals surface area contributed by atoms with Crippen LogP contribution in [0, 0.1) is 0 Å². The average Bonchev–Trinajstić information content (AvgIpc) is 2.38. The molecular formula is C5H6O3S2. The minimum atomic E-state index is -3.44. The second kappa shape index (κ2) is 2.69. The smallest absolute Gasteiger partial charge is 0.269 e. The molecule has 0 aliphatic rings.